The first kappa shape index (κ1) is 23.4. The quantitative estimate of drug-likeness (QED) is 0.421. The Kier molecular flexibility index (Phi) is 9.15. The number of carbonyl (C=O) groups is 2. The van der Waals surface area contributed by atoms with Gasteiger partial charge in [-0.05, 0) is 87.5 Å². The molecule has 0 aromatic heterocycles. The van der Waals surface area contributed by atoms with Crippen LogP contribution in [0.4, 0.5) is 0 Å². The van der Waals surface area contributed by atoms with E-state index in [2.05, 4.69) is 53.1 Å². The number of hydrogen-bond acceptors (Lipinski definition) is 4. The molecule has 2 amide bonds. The van der Waals surface area contributed by atoms with Gasteiger partial charge in [0.2, 0.25) is 0 Å². The fourth-order valence-electron chi connectivity index (χ4n) is 2.23. The van der Waals surface area contributed by atoms with Gasteiger partial charge in [0.15, 0.2) is 10.2 Å². The van der Waals surface area contributed by atoms with Gasteiger partial charge in [0, 0.05) is 21.5 Å². The van der Waals surface area contributed by atoms with E-state index < -0.39 is 0 Å². The number of thiocarbonyl (C=S) groups is 2. The summed E-state index contributed by atoms with van der Waals surface area (Å²) in [6, 6.07) is 14.0. The summed E-state index contributed by atoms with van der Waals surface area (Å²) in [5, 5.41) is 11.6. The Balaban J connectivity index is 1.76. The van der Waals surface area contributed by atoms with Gasteiger partial charge in [-0.1, -0.05) is 24.3 Å². The molecule has 6 nitrogen and oxygen atoms in total. The van der Waals surface area contributed by atoms with E-state index in [4.69, 9.17) is 24.4 Å². The fraction of sp³-hybridized carbons (Fsp3) is 0.158. The number of nitrogens with one attached hydrogen (secondary N) is 4. The predicted molar refractivity (Wildman–Crippen MR) is 129 cm³/mol. The number of rotatable bonds is 5. The maximum Gasteiger partial charge on any atom is 0.258 e. The van der Waals surface area contributed by atoms with E-state index in [1.54, 1.807) is 36.4 Å². The molecule has 0 saturated heterocycles. The van der Waals surface area contributed by atoms with Gasteiger partial charge in [0.05, 0.1) is 11.1 Å². The molecule has 152 valence electrons. The summed E-state index contributed by atoms with van der Waals surface area (Å²) in [6.07, 6.45) is 0. The Labute approximate surface area is 196 Å². The molecule has 0 aliphatic carbocycles. The highest BCUT2D eigenvalue weighted by molar-refractivity contribution is 9.10. The van der Waals surface area contributed by atoms with Crippen LogP contribution in [0.15, 0.2) is 57.5 Å². The molecule has 0 spiro atoms. The molecule has 0 saturated carbocycles. The van der Waals surface area contributed by atoms with Crippen LogP contribution in [0, 0.1) is 0 Å². The van der Waals surface area contributed by atoms with Crippen molar-refractivity contribution in [1.82, 2.24) is 21.3 Å². The van der Waals surface area contributed by atoms with Crippen molar-refractivity contribution in [2.75, 3.05) is 6.54 Å². The molecule has 0 heterocycles. The van der Waals surface area contributed by atoms with Gasteiger partial charge in [-0.2, -0.15) is 0 Å². The molecule has 29 heavy (non-hydrogen) atoms. The van der Waals surface area contributed by atoms with Crippen LogP contribution in [0.25, 0.3) is 0 Å². The third kappa shape index (κ3) is 7.46. The molecule has 0 unspecified atom stereocenters. The Morgan fingerprint density at radius 1 is 0.862 bits per heavy atom. The van der Waals surface area contributed by atoms with E-state index >= 15 is 0 Å². The Morgan fingerprint density at radius 3 is 1.79 bits per heavy atom. The zero-order valence-corrected chi connectivity index (χ0v) is 20.1. The predicted octanol–water partition coefficient (Wildman–Crippen LogP) is 3.51. The molecule has 0 radical (unpaired) electrons. The van der Waals surface area contributed by atoms with Gasteiger partial charge in [0.25, 0.3) is 11.8 Å². The van der Waals surface area contributed by atoms with E-state index in [0.29, 0.717) is 26.6 Å². The van der Waals surface area contributed by atoms with Crippen molar-refractivity contribution >= 4 is 78.3 Å². The Bertz CT molecular complexity index is 940. The summed E-state index contributed by atoms with van der Waals surface area (Å²) in [4.78, 5) is 24.5. The van der Waals surface area contributed by atoms with Crippen molar-refractivity contribution in [1.29, 1.82) is 0 Å². The van der Waals surface area contributed by atoms with Crippen LogP contribution in [0.5, 0.6) is 0 Å². The normalized spacial score (nSPS) is 11.1. The molecule has 4 N–H and O–H groups in total. The standard InChI is InChI=1S/C19H18Br2N4O2S2/c1-11(23-19(29)25-17(27)13-7-3-5-9-15(13)21)10-22-18(28)24-16(26)12-6-2-4-8-14(12)20/h2-9,11H,10H2,1H3,(H2,22,24,26,28)(H2,23,25,27,29)/t11-/m0/s1. The van der Waals surface area contributed by atoms with Gasteiger partial charge in [-0.3, -0.25) is 20.2 Å². The molecular formula is C19H18Br2N4O2S2. The van der Waals surface area contributed by atoms with E-state index in [1.807, 2.05) is 19.1 Å². The third-order valence-electron chi connectivity index (χ3n) is 3.64. The Hall–Kier alpha value is -1.88. The van der Waals surface area contributed by atoms with Crippen molar-refractivity contribution in [2.45, 2.75) is 13.0 Å². The van der Waals surface area contributed by atoms with Gasteiger partial charge < -0.3 is 10.6 Å². The molecule has 2 aromatic carbocycles. The molecule has 2 aromatic rings. The first-order valence-electron chi connectivity index (χ1n) is 8.48. The molecule has 0 aliphatic rings. The van der Waals surface area contributed by atoms with Gasteiger partial charge in [-0.25, -0.2) is 0 Å². The van der Waals surface area contributed by atoms with Gasteiger partial charge >= 0.3 is 0 Å². The molecule has 1 atom stereocenters. The van der Waals surface area contributed by atoms with Crippen molar-refractivity contribution in [3.05, 3.63) is 68.6 Å². The van der Waals surface area contributed by atoms with Crippen LogP contribution in [0.1, 0.15) is 27.6 Å². The van der Waals surface area contributed by atoms with Crippen LogP contribution in [-0.2, 0) is 0 Å². The van der Waals surface area contributed by atoms with Gasteiger partial charge in [0.1, 0.15) is 0 Å². The van der Waals surface area contributed by atoms with E-state index in [1.165, 1.54) is 0 Å². The number of amides is 2. The minimum Gasteiger partial charge on any atom is -0.360 e. The number of hydrogen-bond donors (Lipinski definition) is 4. The van der Waals surface area contributed by atoms with Crippen LogP contribution >= 0.6 is 56.3 Å². The summed E-state index contributed by atoms with van der Waals surface area (Å²) >= 11 is 17.0. The number of halogens is 2. The lowest BCUT2D eigenvalue weighted by atomic mass is 10.2. The van der Waals surface area contributed by atoms with Crippen LogP contribution in [0.3, 0.4) is 0 Å². The monoisotopic (exact) mass is 556 g/mol. The molecular weight excluding hydrogens is 540 g/mol. The van der Waals surface area contributed by atoms with Gasteiger partial charge in [-0.15, -0.1) is 0 Å². The van der Waals surface area contributed by atoms with Crippen molar-refractivity contribution in [3.8, 4) is 0 Å². The van der Waals surface area contributed by atoms with Crippen molar-refractivity contribution in [3.63, 3.8) is 0 Å². The molecule has 2 rings (SSSR count). The molecule has 0 aliphatic heterocycles. The van der Waals surface area contributed by atoms with E-state index in [9.17, 15) is 9.59 Å². The highest BCUT2D eigenvalue weighted by atomic mass is 79.9. The summed E-state index contributed by atoms with van der Waals surface area (Å²) in [5.74, 6) is -0.627. The lowest BCUT2D eigenvalue weighted by Crippen LogP contribution is -2.49. The zero-order valence-electron chi connectivity index (χ0n) is 15.3. The molecule has 0 bridgehead atoms. The largest absolute Gasteiger partial charge is 0.360 e. The first-order valence-corrected chi connectivity index (χ1v) is 10.9. The summed E-state index contributed by atoms with van der Waals surface area (Å²) in [7, 11) is 0. The Morgan fingerprint density at radius 2 is 1.31 bits per heavy atom. The van der Waals surface area contributed by atoms with Crippen molar-refractivity contribution < 1.29 is 9.59 Å². The summed E-state index contributed by atoms with van der Waals surface area (Å²) in [5.41, 5.74) is 0.970. The maximum atomic E-state index is 12.3. The maximum absolute atomic E-state index is 12.3. The molecule has 0 fully saturated rings. The second-order valence-electron chi connectivity index (χ2n) is 5.95. The average molecular weight is 558 g/mol. The summed E-state index contributed by atoms with van der Waals surface area (Å²) < 4.78 is 1.36. The summed E-state index contributed by atoms with van der Waals surface area (Å²) in [6.45, 7) is 2.25. The third-order valence-corrected chi connectivity index (χ3v) is 5.49. The zero-order chi connectivity index (χ0) is 21.4. The SMILES string of the molecule is C[C@@H](CNC(=S)NC(=O)c1ccccc1Br)NC(=S)NC(=O)c1ccccc1Br. The number of benzene rings is 2. The second-order valence-corrected chi connectivity index (χ2v) is 8.48. The van der Waals surface area contributed by atoms with E-state index in [0.717, 1.165) is 0 Å². The lowest BCUT2D eigenvalue weighted by molar-refractivity contribution is 0.0967. The lowest BCUT2D eigenvalue weighted by Gasteiger charge is -2.18. The molecule has 10 heteroatoms. The smallest absolute Gasteiger partial charge is 0.258 e. The highest BCUT2D eigenvalue weighted by Crippen LogP contribution is 2.16. The average Bonchev–Trinajstić information content (AvgIpc) is 2.66. The van der Waals surface area contributed by atoms with Crippen LogP contribution in [-0.4, -0.2) is 34.6 Å². The fourth-order valence-corrected chi connectivity index (χ4v) is 3.63. The van der Waals surface area contributed by atoms with Crippen LogP contribution in [0.2, 0.25) is 0 Å². The highest BCUT2D eigenvalue weighted by Gasteiger charge is 2.14. The van der Waals surface area contributed by atoms with Crippen molar-refractivity contribution in [2.24, 2.45) is 0 Å². The minimum absolute atomic E-state index is 0.152. The second kappa shape index (κ2) is 11.3. The van der Waals surface area contributed by atoms with Crippen LogP contribution < -0.4 is 21.3 Å². The number of carbonyl (C=O) groups excluding carboxylic acids is 2. The first-order chi connectivity index (χ1) is 13.8. The minimum atomic E-state index is -0.314. The topological polar surface area (TPSA) is 82.3 Å². The van der Waals surface area contributed by atoms with E-state index in [-0.39, 0.29) is 28.1 Å².